The molecule has 1 saturated heterocycles. The molecular formula is C13H12N4O3S. The molecule has 0 saturated carbocycles. The van der Waals surface area contributed by atoms with Gasteiger partial charge in [0.2, 0.25) is 4.96 Å². The third-order valence-electron chi connectivity index (χ3n) is 3.53. The quantitative estimate of drug-likeness (QED) is 0.701. The number of aromatic nitrogens is 4. The van der Waals surface area contributed by atoms with Gasteiger partial charge in [-0.2, -0.15) is 9.61 Å². The van der Waals surface area contributed by atoms with E-state index in [1.165, 1.54) is 23.5 Å². The highest BCUT2D eigenvalue weighted by atomic mass is 32.1. The molecular weight excluding hydrogens is 292 g/mol. The fourth-order valence-electron chi connectivity index (χ4n) is 2.40. The van der Waals surface area contributed by atoms with Gasteiger partial charge in [-0.25, -0.2) is 0 Å². The van der Waals surface area contributed by atoms with Crippen LogP contribution >= 0.6 is 11.3 Å². The first-order chi connectivity index (χ1) is 10.2. The second-order valence-corrected chi connectivity index (χ2v) is 5.88. The van der Waals surface area contributed by atoms with Gasteiger partial charge in [0.1, 0.15) is 5.01 Å². The van der Waals surface area contributed by atoms with E-state index in [2.05, 4.69) is 15.3 Å². The molecule has 3 aromatic rings. The molecule has 1 unspecified atom stereocenters. The minimum atomic E-state index is -0.164. The first-order valence-corrected chi connectivity index (χ1v) is 7.36. The minimum absolute atomic E-state index is 0.148. The zero-order valence-corrected chi connectivity index (χ0v) is 11.7. The highest BCUT2D eigenvalue weighted by Crippen LogP contribution is 2.33. The summed E-state index contributed by atoms with van der Waals surface area (Å²) >= 11 is 1.39. The Morgan fingerprint density at radius 2 is 2.14 bits per heavy atom. The summed E-state index contributed by atoms with van der Waals surface area (Å²) in [6.45, 7) is 1.38. The van der Waals surface area contributed by atoms with Crippen molar-refractivity contribution >= 4 is 16.3 Å². The number of fused-ring (bicyclic) bond motifs is 1. The summed E-state index contributed by atoms with van der Waals surface area (Å²) in [6, 6.07) is 4.64. The lowest BCUT2D eigenvalue weighted by atomic mass is 10.1. The molecule has 1 aromatic carbocycles. The lowest BCUT2D eigenvalue weighted by molar-refractivity contribution is 0.193. The number of phenols is 2. The maximum absolute atomic E-state index is 9.59. The molecule has 1 fully saturated rings. The van der Waals surface area contributed by atoms with E-state index < -0.39 is 0 Å². The second kappa shape index (κ2) is 4.68. The Balaban J connectivity index is 1.78. The van der Waals surface area contributed by atoms with Crippen LogP contribution in [0.4, 0.5) is 0 Å². The van der Waals surface area contributed by atoms with E-state index in [4.69, 9.17) is 4.74 Å². The van der Waals surface area contributed by atoms with Crippen LogP contribution in [0.1, 0.15) is 18.2 Å². The van der Waals surface area contributed by atoms with Gasteiger partial charge in [0.15, 0.2) is 17.3 Å². The van der Waals surface area contributed by atoms with E-state index in [1.807, 2.05) is 0 Å². The molecule has 1 aliphatic rings. The molecule has 4 rings (SSSR count). The number of rotatable bonds is 2. The van der Waals surface area contributed by atoms with Gasteiger partial charge in [0.25, 0.3) is 0 Å². The van der Waals surface area contributed by atoms with Crippen molar-refractivity contribution in [3.63, 3.8) is 0 Å². The van der Waals surface area contributed by atoms with Crippen molar-refractivity contribution in [3.05, 3.63) is 24.0 Å². The average molecular weight is 304 g/mol. The van der Waals surface area contributed by atoms with Crippen molar-refractivity contribution in [1.29, 1.82) is 0 Å². The van der Waals surface area contributed by atoms with E-state index in [0.717, 1.165) is 29.4 Å². The zero-order chi connectivity index (χ0) is 14.4. The van der Waals surface area contributed by atoms with Gasteiger partial charge in [-0.15, -0.1) is 10.2 Å². The molecule has 0 amide bonds. The molecule has 108 valence electrons. The van der Waals surface area contributed by atoms with Crippen molar-refractivity contribution in [2.45, 2.75) is 12.3 Å². The van der Waals surface area contributed by atoms with Gasteiger partial charge >= 0.3 is 0 Å². The standard InChI is InChI=1S/C13H12N4O3S/c18-9-2-1-7(5-10(9)19)12-16-17-11(8-3-4-20-6-8)14-15-13(17)21-12/h1-2,5,8,18-19H,3-4,6H2. The summed E-state index contributed by atoms with van der Waals surface area (Å²) in [5.74, 6) is 0.726. The predicted molar refractivity (Wildman–Crippen MR) is 75.6 cm³/mol. The average Bonchev–Trinajstić information content (AvgIpc) is 3.16. The summed E-state index contributed by atoms with van der Waals surface area (Å²) in [5.41, 5.74) is 0.731. The molecule has 2 N–H and O–H groups in total. The topological polar surface area (TPSA) is 92.8 Å². The van der Waals surface area contributed by atoms with E-state index in [1.54, 1.807) is 10.6 Å². The summed E-state index contributed by atoms with van der Waals surface area (Å²) in [5, 5.41) is 32.5. The monoisotopic (exact) mass is 304 g/mol. The van der Waals surface area contributed by atoms with Crippen LogP contribution in [0.25, 0.3) is 15.5 Å². The summed E-state index contributed by atoms with van der Waals surface area (Å²) in [7, 11) is 0. The summed E-state index contributed by atoms with van der Waals surface area (Å²) in [4.78, 5) is 0.708. The highest BCUT2D eigenvalue weighted by Gasteiger charge is 2.25. The number of hydrogen-bond acceptors (Lipinski definition) is 7. The first kappa shape index (κ1) is 12.5. The third-order valence-corrected chi connectivity index (χ3v) is 4.48. The minimum Gasteiger partial charge on any atom is -0.504 e. The van der Waals surface area contributed by atoms with Gasteiger partial charge in [-0.3, -0.25) is 0 Å². The van der Waals surface area contributed by atoms with Crippen molar-refractivity contribution in [2.24, 2.45) is 0 Å². The number of benzene rings is 1. The van der Waals surface area contributed by atoms with Gasteiger partial charge < -0.3 is 14.9 Å². The van der Waals surface area contributed by atoms with E-state index in [-0.39, 0.29) is 17.4 Å². The van der Waals surface area contributed by atoms with Crippen LogP contribution in [-0.2, 0) is 4.74 Å². The van der Waals surface area contributed by atoms with Crippen LogP contribution in [0.5, 0.6) is 11.5 Å². The smallest absolute Gasteiger partial charge is 0.234 e. The van der Waals surface area contributed by atoms with Crippen LogP contribution in [0.3, 0.4) is 0 Å². The van der Waals surface area contributed by atoms with Crippen LogP contribution in [-0.4, -0.2) is 43.2 Å². The van der Waals surface area contributed by atoms with E-state index in [9.17, 15) is 10.2 Å². The fraction of sp³-hybridized carbons (Fsp3) is 0.308. The Bertz CT molecular complexity index is 807. The number of aromatic hydroxyl groups is 2. The van der Waals surface area contributed by atoms with Gasteiger partial charge in [-0.05, 0) is 24.6 Å². The van der Waals surface area contributed by atoms with E-state index >= 15 is 0 Å². The third kappa shape index (κ3) is 2.03. The lowest BCUT2D eigenvalue weighted by Gasteiger charge is -2.02. The summed E-state index contributed by atoms with van der Waals surface area (Å²) < 4.78 is 7.12. The van der Waals surface area contributed by atoms with E-state index in [0.29, 0.717) is 11.6 Å². The summed E-state index contributed by atoms with van der Waals surface area (Å²) in [6.07, 6.45) is 0.924. The molecule has 8 heteroatoms. The van der Waals surface area contributed by atoms with Crippen LogP contribution in [0.15, 0.2) is 18.2 Å². The largest absolute Gasteiger partial charge is 0.504 e. The van der Waals surface area contributed by atoms with Crippen molar-refractivity contribution < 1.29 is 14.9 Å². The Labute approximate surface area is 123 Å². The van der Waals surface area contributed by atoms with Crippen LogP contribution in [0, 0.1) is 0 Å². The SMILES string of the molecule is Oc1ccc(-c2nn3c(C4CCOC4)nnc3s2)cc1O. The lowest BCUT2D eigenvalue weighted by Crippen LogP contribution is -2.04. The van der Waals surface area contributed by atoms with Crippen LogP contribution in [0.2, 0.25) is 0 Å². The Morgan fingerprint density at radius 3 is 2.90 bits per heavy atom. The van der Waals surface area contributed by atoms with Crippen molar-refractivity contribution in [3.8, 4) is 22.1 Å². The molecule has 1 atom stereocenters. The normalized spacial score (nSPS) is 18.6. The number of phenolic OH excluding ortho intramolecular Hbond substituents is 2. The maximum atomic E-state index is 9.59. The molecule has 7 nitrogen and oxygen atoms in total. The number of nitrogens with zero attached hydrogens (tertiary/aromatic N) is 4. The molecule has 21 heavy (non-hydrogen) atoms. The van der Waals surface area contributed by atoms with Gasteiger partial charge in [0.05, 0.1) is 6.61 Å². The van der Waals surface area contributed by atoms with Crippen molar-refractivity contribution in [2.75, 3.05) is 13.2 Å². The van der Waals surface area contributed by atoms with Gasteiger partial charge in [-0.1, -0.05) is 11.3 Å². The molecule has 0 bridgehead atoms. The number of hydrogen-bond donors (Lipinski definition) is 2. The Kier molecular flexibility index (Phi) is 2.79. The molecule has 2 aromatic heterocycles. The fourth-order valence-corrected chi connectivity index (χ4v) is 3.24. The molecule has 0 aliphatic carbocycles. The molecule has 1 aliphatic heterocycles. The van der Waals surface area contributed by atoms with Gasteiger partial charge in [0, 0.05) is 18.1 Å². The Morgan fingerprint density at radius 1 is 1.24 bits per heavy atom. The number of ether oxygens (including phenoxy) is 1. The van der Waals surface area contributed by atoms with Crippen LogP contribution < -0.4 is 0 Å². The van der Waals surface area contributed by atoms with Crippen molar-refractivity contribution in [1.82, 2.24) is 19.8 Å². The maximum Gasteiger partial charge on any atom is 0.234 e. The second-order valence-electron chi connectivity index (χ2n) is 4.92. The zero-order valence-electron chi connectivity index (χ0n) is 10.9. The Hall–Kier alpha value is -2.19. The predicted octanol–water partition coefficient (Wildman–Crippen LogP) is 1.77. The highest BCUT2D eigenvalue weighted by molar-refractivity contribution is 7.19. The molecule has 3 heterocycles. The molecule has 0 radical (unpaired) electrons. The first-order valence-electron chi connectivity index (χ1n) is 6.54. The molecule has 0 spiro atoms.